The van der Waals surface area contributed by atoms with Crippen LogP contribution in [0.15, 0.2) is 47.5 Å². The molecule has 0 bridgehead atoms. The van der Waals surface area contributed by atoms with E-state index in [9.17, 15) is 0 Å². The molecule has 4 rings (SSSR count). The van der Waals surface area contributed by atoms with Crippen molar-refractivity contribution in [2.45, 2.75) is 44.4 Å². The van der Waals surface area contributed by atoms with Crippen LogP contribution in [0, 0.1) is 0 Å². The van der Waals surface area contributed by atoms with Crippen LogP contribution >= 0.6 is 24.0 Å². The van der Waals surface area contributed by atoms with Gasteiger partial charge in [0.05, 0.1) is 18.8 Å². The number of benzene rings is 2. The summed E-state index contributed by atoms with van der Waals surface area (Å²) >= 11 is 0. The number of likely N-dealkylation sites (tertiary alicyclic amines) is 1. The van der Waals surface area contributed by atoms with Crippen molar-refractivity contribution >= 4 is 40.7 Å². The minimum absolute atomic E-state index is 0. The van der Waals surface area contributed by atoms with Crippen LogP contribution in [0.1, 0.15) is 31.2 Å². The lowest BCUT2D eigenvalue weighted by Gasteiger charge is -2.34. The highest BCUT2D eigenvalue weighted by Gasteiger charge is 2.24. The Hall–Kier alpha value is -1.38. The highest BCUT2D eigenvalue weighted by atomic mass is 127. The first-order chi connectivity index (χ1) is 13.8. The van der Waals surface area contributed by atoms with Gasteiger partial charge in [-0.1, -0.05) is 36.4 Å². The number of guanidine groups is 1. The third-order valence-corrected chi connectivity index (χ3v) is 5.76. The monoisotopic (exact) mass is 509 g/mol. The van der Waals surface area contributed by atoms with Crippen LogP contribution in [0.25, 0.3) is 10.8 Å². The second kappa shape index (κ2) is 11.1. The van der Waals surface area contributed by atoms with Crippen LogP contribution in [0.5, 0.6) is 0 Å². The summed E-state index contributed by atoms with van der Waals surface area (Å²) in [5.41, 5.74) is 1.27. The Labute approximate surface area is 190 Å². The second-order valence-corrected chi connectivity index (χ2v) is 7.74. The van der Waals surface area contributed by atoms with Crippen LogP contribution in [0.2, 0.25) is 0 Å². The largest absolute Gasteiger partial charge is 0.376 e. The predicted octanol–water partition coefficient (Wildman–Crippen LogP) is 4.19. The maximum absolute atomic E-state index is 6.09. The molecule has 0 aliphatic carbocycles. The highest BCUT2D eigenvalue weighted by Crippen LogP contribution is 2.18. The molecule has 2 aliphatic rings. The molecule has 0 saturated carbocycles. The lowest BCUT2D eigenvalue weighted by molar-refractivity contribution is -0.0367. The summed E-state index contributed by atoms with van der Waals surface area (Å²) in [6, 6.07) is 15.1. The SMILES string of the molecule is CN=C(NCc1ccc2ccccc2c1)N1CCC(OCC2CCCO2)CC1.I. The van der Waals surface area contributed by atoms with Gasteiger partial charge in [-0.2, -0.15) is 0 Å². The number of ether oxygens (including phenoxy) is 2. The van der Waals surface area contributed by atoms with Gasteiger partial charge in [-0.15, -0.1) is 24.0 Å². The molecule has 2 heterocycles. The van der Waals surface area contributed by atoms with E-state index in [-0.39, 0.29) is 24.0 Å². The molecule has 2 fully saturated rings. The van der Waals surface area contributed by atoms with Gasteiger partial charge in [-0.05, 0) is 48.1 Å². The molecule has 2 aromatic carbocycles. The number of halogens is 1. The number of nitrogens with zero attached hydrogens (tertiary/aromatic N) is 2. The number of rotatable bonds is 5. The van der Waals surface area contributed by atoms with E-state index in [4.69, 9.17) is 9.47 Å². The van der Waals surface area contributed by atoms with Gasteiger partial charge >= 0.3 is 0 Å². The zero-order chi connectivity index (χ0) is 19.2. The van der Waals surface area contributed by atoms with Crippen LogP contribution in [-0.2, 0) is 16.0 Å². The summed E-state index contributed by atoms with van der Waals surface area (Å²) in [6.45, 7) is 4.39. The summed E-state index contributed by atoms with van der Waals surface area (Å²) in [6.07, 6.45) is 5.07. The second-order valence-electron chi connectivity index (χ2n) is 7.74. The molecule has 158 valence electrons. The Morgan fingerprint density at radius 1 is 1.14 bits per heavy atom. The van der Waals surface area contributed by atoms with E-state index in [1.807, 2.05) is 7.05 Å². The Morgan fingerprint density at radius 3 is 2.66 bits per heavy atom. The topological polar surface area (TPSA) is 46.1 Å². The molecule has 2 aliphatic heterocycles. The lowest BCUT2D eigenvalue weighted by atomic mass is 10.1. The number of fused-ring (bicyclic) bond motifs is 1. The minimum Gasteiger partial charge on any atom is -0.376 e. The average Bonchev–Trinajstić information content (AvgIpc) is 3.27. The molecule has 29 heavy (non-hydrogen) atoms. The molecule has 2 saturated heterocycles. The van der Waals surface area contributed by atoms with Gasteiger partial charge < -0.3 is 19.7 Å². The quantitative estimate of drug-likeness (QED) is 0.373. The van der Waals surface area contributed by atoms with Crippen molar-refractivity contribution in [2.75, 3.05) is 33.4 Å². The fourth-order valence-electron chi connectivity index (χ4n) is 4.12. The molecule has 5 nitrogen and oxygen atoms in total. The van der Waals surface area contributed by atoms with Crippen molar-refractivity contribution in [1.82, 2.24) is 10.2 Å². The van der Waals surface area contributed by atoms with Crippen molar-refractivity contribution in [1.29, 1.82) is 0 Å². The van der Waals surface area contributed by atoms with Crippen LogP contribution < -0.4 is 5.32 Å². The van der Waals surface area contributed by atoms with Gasteiger partial charge in [0.1, 0.15) is 0 Å². The highest BCUT2D eigenvalue weighted by molar-refractivity contribution is 14.0. The summed E-state index contributed by atoms with van der Waals surface area (Å²) in [4.78, 5) is 6.83. The van der Waals surface area contributed by atoms with Crippen molar-refractivity contribution < 1.29 is 9.47 Å². The Kier molecular flexibility index (Phi) is 8.56. The predicted molar refractivity (Wildman–Crippen MR) is 129 cm³/mol. The van der Waals surface area contributed by atoms with E-state index in [0.29, 0.717) is 12.2 Å². The number of hydrogen-bond acceptors (Lipinski definition) is 3. The van der Waals surface area contributed by atoms with Gasteiger partial charge in [0.25, 0.3) is 0 Å². The first kappa shape index (κ1) is 22.3. The molecule has 6 heteroatoms. The Balaban J connectivity index is 0.00000240. The van der Waals surface area contributed by atoms with Gasteiger partial charge in [0, 0.05) is 33.3 Å². The maximum atomic E-state index is 6.09. The molecule has 0 spiro atoms. The van der Waals surface area contributed by atoms with Gasteiger partial charge in [-0.25, -0.2) is 0 Å². The lowest BCUT2D eigenvalue weighted by Crippen LogP contribution is -2.47. The zero-order valence-electron chi connectivity index (χ0n) is 17.2. The maximum Gasteiger partial charge on any atom is 0.193 e. The van der Waals surface area contributed by atoms with Gasteiger partial charge in [0.2, 0.25) is 0 Å². The fourth-order valence-corrected chi connectivity index (χ4v) is 4.12. The van der Waals surface area contributed by atoms with E-state index < -0.39 is 0 Å². The molecule has 1 unspecified atom stereocenters. The fraction of sp³-hybridized carbons (Fsp3) is 0.522. The minimum atomic E-state index is 0. The van der Waals surface area contributed by atoms with Crippen molar-refractivity contribution in [3.63, 3.8) is 0 Å². The smallest absolute Gasteiger partial charge is 0.193 e. The number of nitrogens with one attached hydrogen (secondary N) is 1. The molecule has 0 amide bonds. The molecule has 0 radical (unpaired) electrons. The average molecular weight is 509 g/mol. The summed E-state index contributed by atoms with van der Waals surface area (Å²) in [5.74, 6) is 0.978. The molecular formula is C23H32IN3O2. The standard InChI is InChI=1S/C23H31N3O2.HI/c1-24-23(25-16-18-8-9-19-5-2-3-6-20(19)15-18)26-12-10-21(11-13-26)28-17-22-7-4-14-27-22;/h2-3,5-6,8-9,15,21-22H,4,7,10-14,16-17H2,1H3,(H,24,25);1H. The Bertz CT molecular complexity index is 800. The summed E-state index contributed by atoms with van der Waals surface area (Å²) < 4.78 is 11.7. The normalized spacial score (nSPS) is 20.7. The molecule has 1 atom stereocenters. The van der Waals surface area contributed by atoms with Crippen LogP contribution in [-0.4, -0.2) is 56.4 Å². The van der Waals surface area contributed by atoms with E-state index in [0.717, 1.165) is 58.1 Å². The van der Waals surface area contributed by atoms with Crippen molar-refractivity contribution in [2.24, 2.45) is 4.99 Å². The van der Waals surface area contributed by atoms with Crippen molar-refractivity contribution in [3.05, 3.63) is 48.0 Å². The molecular weight excluding hydrogens is 477 g/mol. The Morgan fingerprint density at radius 2 is 1.93 bits per heavy atom. The number of piperidine rings is 1. The molecule has 1 N–H and O–H groups in total. The van der Waals surface area contributed by atoms with Crippen molar-refractivity contribution in [3.8, 4) is 0 Å². The van der Waals surface area contributed by atoms with Crippen LogP contribution in [0.3, 0.4) is 0 Å². The number of hydrogen-bond donors (Lipinski definition) is 1. The van der Waals surface area contributed by atoms with Crippen LogP contribution in [0.4, 0.5) is 0 Å². The number of aliphatic imine (C=N–C) groups is 1. The third kappa shape index (κ3) is 6.06. The van der Waals surface area contributed by atoms with E-state index >= 15 is 0 Å². The third-order valence-electron chi connectivity index (χ3n) is 5.76. The van der Waals surface area contributed by atoms with Gasteiger partial charge in [0.15, 0.2) is 5.96 Å². The van der Waals surface area contributed by atoms with E-state index in [1.54, 1.807) is 0 Å². The zero-order valence-corrected chi connectivity index (χ0v) is 19.5. The first-order valence-electron chi connectivity index (χ1n) is 10.5. The first-order valence-corrected chi connectivity index (χ1v) is 10.5. The summed E-state index contributed by atoms with van der Waals surface area (Å²) in [5, 5.41) is 6.08. The van der Waals surface area contributed by atoms with E-state index in [2.05, 4.69) is 57.7 Å². The molecule has 0 aromatic heterocycles. The molecule has 2 aromatic rings. The summed E-state index contributed by atoms with van der Waals surface area (Å²) in [7, 11) is 1.86. The van der Waals surface area contributed by atoms with E-state index in [1.165, 1.54) is 22.8 Å². The van der Waals surface area contributed by atoms with Gasteiger partial charge in [-0.3, -0.25) is 4.99 Å².